The summed E-state index contributed by atoms with van der Waals surface area (Å²) in [7, 11) is 0. The van der Waals surface area contributed by atoms with Crippen molar-refractivity contribution >= 4 is 11.9 Å². The maximum absolute atomic E-state index is 12.4. The number of unbranched alkanes of at least 4 members (excludes halogenated alkanes) is 32. The molecule has 3 N–H and O–H groups in total. The lowest BCUT2D eigenvalue weighted by Gasteiger charge is -2.22. The zero-order valence-corrected chi connectivity index (χ0v) is 42.5. The third-order valence-corrected chi connectivity index (χ3v) is 12.6. The van der Waals surface area contributed by atoms with Gasteiger partial charge in [0.15, 0.2) is 0 Å². The van der Waals surface area contributed by atoms with Crippen LogP contribution >= 0.6 is 0 Å². The number of aliphatic hydroxyl groups is 2. The summed E-state index contributed by atoms with van der Waals surface area (Å²) in [6.45, 7) is 4.87. The van der Waals surface area contributed by atoms with E-state index in [1.54, 1.807) is 0 Å². The SMILES string of the molecule is CCCCC/C=C\C/C=C\CCCCCCCCCC(=O)OCCCCC/C=C\C/C=C\CCCCCCCCCC(=O)NC(CO)C(O)CCCCCCCCCCCCCCC. The Morgan fingerprint density at radius 2 is 0.781 bits per heavy atom. The van der Waals surface area contributed by atoms with Gasteiger partial charge in [0.25, 0.3) is 0 Å². The average molecular weight is 898 g/mol. The first-order valence-electron chi connectivity index (χ1n) is 27.9. The molecule has 6 nitrogen and oxygen atoms in total. The lowest BCUT2D eigenvalue weighted by atomic mass is 10.0. The van der Waals surface area contributed by atoms with Crippen molar-refractivity contribution in [3.05, 3.63) is 48.6 Å². The van der Waals surface area contributed by atoms with Crippen LogP contribution in [0.4, 0.5) is 0 Å². The van der Waals surface area contributed by atoms with Gasteiger partial charge in [0.05, 0.1) is 25.4 Å². The van der Waals surface area contributed by atoms with Crippen LogP contribution in [-0.2, 0) is 14.3 Å². The maximum Gasteiger partial charge on any atom is 0.305 e. The summed E-state index contributed by atoms with van der Waals surface area (Å²) < 4.78 is 5.45. The molecule has 0 aromatic rings. The molecule has 0 bridgehead atoms. The van der Waals surface area contributed by atoms with Crippen LogP contribution in [0, 0.1) is 0 Å². The van der Waals surface area contributed by atoms with E-state index in [9.17, 15) is 19.8 Å². The third-order valence-electron chi connectivity index (χ3n) is 12.6. The Morgan fingerprint density at radius 3 is 1.22 bits per heavy atom. The van der Waals surface area contributed by atoms with Gasteiger partial charge in [0, 0.05) is 12.8 Å². The molecule has 1 amide bonds. The Bertz CT molecular complexity index is 1080. The van der Waals surface area contributed by atoms with Crippen molar-refractivity contribution in [2.24, 2.45) is 0 Å². The lowest BCUT2D eigenvalue weighted by Crippen LogP contribution is -2.45. The van der Waals surface area contributed by atoms with E-state index in [-0.39, 0.29) is 18.5 Å². The molecule has 64 heavy (non-hydrogen) atoms. The summed E-state index contributed by atoms with van der Waals surface area (Å²) in [4.78, 5) is 24.5. The van der Waals surface area contributed by atoms with Crippen LogP contribution in [0.5, 0.6) is 0 Å². The summed E-state index contributed by atoms with van der Waals surface area (Å²) in [5.41, 5.74) is 0. The molecule has 2 atom stereocenters. The first-order valence-corrected chi connectivity index (χ1v) is 27.9. The van der Waals surface area contributed by atoms with E-state index in [0.717, 1.165) is 89.9 Å². The molecule has 0 heterocycles. The zero-order chi connectivity index (χ0) is 46.5. The number of esters is 1. The van der Waals surface area contributed by atoms with Crippen molar-refractivity contribution in [2.75, 3.05) is 13.2 Å². The second-order valence-corrected chi connectivity index (χ2v) is 18.9. The standard InChI is InChI=1S/C58H107NO5/c1-3-5-7-9-11-13-15-17-18-20-24-28-32-36-40-44-48-52-58(63)64-53-49-45-41-37-33-29-25-22-19-21-23-27-31-35-39-43-47-51-57(62)59-55(54-60)56(61)50-46-42-38-34-30-26-16-14-12-10-8-6-4-2/h11,13,17-19,22,29,33,55-56,60-61H,3-10,12,14-16,20-21,23-28,30-32,34-54H2,1-2H3,(H,59,62)/b13-11-,18-17-,22-19-,33-29-. The third kappa shape index (κ3) is 49.3. The highest BCUT2D eigenvalue weighted by Gasteiger charge is 2.20. The van der Waals surface area contributed by atoms with Crippen molar-refractivity contribution in [1.29, 1.82) is 0 Å². The van der Waals surface area contributed by atoms with Crippen molar-refractivity contribution in [2.45, 2.75) is 296 Å². The number of nitrogens with one attached hydrogen (secondary N) is 1. The Morgan fingerprint density at radius 1 is 0.438 bits per heavy atom. The summed E-state index contributed by atoms with van der Waals surface area (Å²) >= 11 is 0. The lowest BCUT2D eigenvalue weighted by molar-refractivity contribution is -0.143. The monoisotopic (exact) mass is 898 g/mol. The number of carbonyl (C=O) groups excluding carboxylic acids is 2. The molecule has 0 aliphatic heterocycles. The van der Waals surface area contributed by atoms with E-state index in [2.05, 4.69) is 67.8 Å². The molecule has 0 aliphatic carbocycles. The van der Waals surface area contributed by atoms with Gasteiger partial charge in [-0.05, 0) is 96.3 Å². The van der Waals surface area contributed by atoms with Crippen molar-refractivity contribution in [3.63, 3.8) is 0 Å². The molecule has 0 rings (SSSR count). The molecular formula is C58H107NO5. The number of hydrogen-bond acceptors (Lipinski definition) is 5. The van der Waals surface area contributed by atoms with Crippen LogP contribution in [0.25, 0.3) is 0 Å². The minimum absolute atomic E-state index is 0.0238. The Hall–Kier alpha value is -2.18. The Kier molecular flexibility index (Phi) is 51.6. The highest BCUT2D eigenvalue weighted by Crippen LogP contribution is 2.16. The fraction of sp³-hybridized carbons (Fsp3) is 0.828. The number of amides is 1. The number of carbonyl (C=O) groups is 2. The second-order valence-electron chi connectivity index (χ2n) is 18.9. The molecule has 0 radical (unpaired) electrons. The molecule has 6 heteroatoms. The predicted octanol–water partition coefficient (Wildman–Crippen LogP) is 17.0. The number of ether oxygens (including phenoxy) is 1. The minimum atomic E-state index is -0.675. The van der Waals surface area contributed by atoms with Gasteiger partial charge in [0.2, 0.25) is 5.91 Å². The van der Waals surface area contributed by atoms with E-state index in [1.807, 2.05) is 0 Å². The van der Waals surface area contributed by atoms with Crippen LogP contribution in [0.3, 0.4) is 0 Å². The highest BCUT2D eigenvalue weighted by atomic mass is 16.5. The molecular weight excluding hydrogens is 791 g/mol. The van der Waals surface area contributed by atoms with Crippen LogP contribution < -0.4 is 5.32 Å². The molecule has 0 saturated carbocycles. The van der Waals surface area contributed by atoms with Crippen molar-refractivity contribution < 1.29 is 24.5 Å². The Labute approximate surface area is 397 Å². The van der Waals surface area contributed by atoms with Gasteiger partial charge < -0.3 is 20.3 Å². The number of allylic oxidation sites excluding steroid dienone is 8. The fourth-order valence-corrected chi connectivity index (χ4v) is 8.29. The van der Waals surface area contributed by atoms with Gasteiger partial charge in [-0.1, -0.05) is 223 Å². The van der Waals surface area contributed by atoms with Gasteiger partial charge in [-0.15, -0.1) is 0 Å². The molecule has 0 saturated heterocycles. The number of hydrogen-bond donors (Lipinski definition) is 3. The van der Waals surface area contributed by atoms with Crippen LogP contribution in [0.1, 0.15) is 284 Å². The quantitative estimate of drug-likeness (QED) is 0.0321. The van der Waals surface area contributed by atoms with Crippen LogP contribution in [0.2, 0.25) is 0 Å². The van der Waals surface area contributed by atoms with Crippen LogP contribution in [-0.4, -0.2) is 47.4 Å². The summed E-state index contributed by atoms with van der Waals surface area (Å²) in [6, 6.07) is -0.554. The Balaban J connectivity index is 3.50. The van der Waals surface area contributed by atoms with Gasteiger partial charge >= 0.3 is 5.97 Å². The smallest absolute Gasteiger partial charge is 0.305 e. The topological polar surface area (TPSA) is 95.9 Å². The largest absolute Gasteiger partial charge is 0.466 e. The van der Waals surface area contributed by atoms with Crippen molar-refractivity contribution in [3.8, 4) is 0 Å². The summed E-state index contributed by atoms with van der Waals surface area (Å²) in [5.74, 6) is -0.0761. The molecule has 2 unspecified atom stereocenters. The van der Waals surface area contributed by atoms with Gasteiger partial charge in [-0.2, -0.15) is 0 Å². The number of rotatable bonds is 51. The highest BCUT2D eigenvalue weighted by molar-refractivity contribution is 5.76. The number of aliphatic hydroxyl groups excluding tert-OH is 2. The maximum atomic E-state index is 12.4. The van der Waals surface area contributed by atoms with E-state index >= 15 is 0 Å². The molecule has 0 spiro atoms. The van der Waals surface area contributed by atoms with E-state index in [0.29, 0.717) is 25.9 Å². The van der Waals surface area contributed by atoms with E-state index in [1.165, 1.54) is 161 Å². The van der Waals surface area contributed by atoms with Gasteiger partial charge in [-0.25, -0.2) is 0 Å². The molecule has 374 valence electrons. The predicted molar refractivity (Wildman–Crippen MR) is 278 cm³/mol. The molecule has 0 fully saturated rings. The zero-order valence-electron chi connectivity index (χ0n) is 42.5. The first-order chi connectivity index (χ1) is 31.5. The van der Waals surface area contributed by atoms with E-state index < -0.39 is 12.1 Å². The van der Waals surface area contributed by atoms with Gasteiger partial charge in [-0.3, -0.25) is 9.59 Å². The molecule has 0 aromatic carbocycles. The summed E-state index contributed by atoms with van der Waals surface area (Å²) in [5, 5.41) is 23.2. The van der Waals surface area contributed by atoms with Crippen molar-refractivity contribution in [1.82, 2.24) is 5.32 Å². The molecule has 0 aromatic heterocycles. The fourth-order valence-electron chi connectivity index (χ4n) is 8.29. The first kappa shape index (κ1) is 61.8. The minimum Gasteiger partial charge on any atom is -0.466 e. The van der Waals surface area contributed by atoms with Gasteiger partial charge in [0.1, 0.15) is 0 Å². The summed E-state index contributed by atoms with van der Waals surface area (Å²) in [6.07, 6.45) is 66.6. The normalized spacial score (nSPS) is 13.0. The van der Waals surface area contributed by atoms with E-state index in [4.69, 9.17) is 4.74 Å². The second kappa shape index (κ2) is 53.4. The molecule has 0 aliphatic rings. The van der Waals surface area contributed by atoms with Crippen LogP contribution in [0.15, 0.2) is 48.6 Å². The average Bonchev–Trinajstić information content (AvgIpc) is 3.29.